The molecule has 0 aliphatic carbocycles. The van der Waals surface area contributed by atoms with Crippen molar-refractivity contribution < 1.29 is 22.7 Å². The number of unbranched alkanes of at least 4 members (excludes halogenated alkanes) is 1. The molecule has 0 aromatic heterocycles. The maximum Gasteiger partial charge on any atom is 0.244 e. The maximum atomic E-state index is 13.5. The normalized spacial score (nSPS) is 12.1. The van der Waals surface area contributed by atoms with Gasteiger partial charge in [0.05, 0.1) is 29.1 Å². The quantitative estimate of drug-likeness (QED) is 0.406. The minimum Gasteiger partial charge on any atom is -0.497 e. The van der Waals surface area contributed by atoms with Crippen LogP contribution in [0.3, 0.4) is 0 Å². The molecule has 35 heavy (non-hydrogen) atoms. The van der Waals surface area contributed by atoms with Gasteiger partial charge in [-0.25, -0.2) is 8.42 Å². The number of carbonyl (C=O) groups excluding carboxylic acids is 2. The summed E-state index contributed by atoms with van der Waals surface area (Å²) in [4.78, 5) is 27.7. The van der Waals surface area contributed by atoms with E-state index in [0.717, 1.165) is 29.0 Å². The number of nitrogens with zero attached hydrogens (tertiary/aromatic N) is 2. The first-order chi connectivity index (χ1) is 16.5. The van der Waals surface area contributed by atoms with Crippen LogP contribution in [0, 0.1) is 0 Å². The van der Waals surface area contributed by atoms with Crippen molar-refractivity contribution in [1.82, 2.24) is 10.2 Å². The Morgan fingerprint density at radius 2 is 1.83 bits per heavy atom. The van der Waals surface area contributed by atoms with Crippen LogP contribution in [0.2, 0.25) is 10.0 Å². The molecule has 1 atom stereocenters. The number of carbonyl (C=O) groups is 2. The zero-order valence-electron chi connectivity index (χ0n) is 20.3. The van der Waals surface area contributed by atoms with Gasteiger partial charge in [-0.15, -0.1) is 0 Å². The number of benzene rings is 2. The number of halogens is 2. The Morgan fingerprint density at radius 1 is 1.11 bits per heavy atom. The van der Waals surface area contributed by atoms with Gasteiger partial charge in [0, 0.05) is 13.1 Å². The number of anilines is 1. The fourth-order valence-corrected chi connectivity index (χ4v) is 4.47. The summed E-state index contributed by atoms with van der Waals surface area (Å²) in [6.07, 6.45) is 2.71. The number of hydrogen-bond acceptors (Lipinski definition) is 5. The summed E-state index contributed by atoms with van der Waals surface area (Å²) in [6.45, 7) is 3.67. The fraction of sp³-hybridized carbons (Fsp3) is 0.417. The number of methoxy groups -OCH3 is 1. The van der Waals surface area contributed by atoms with Crippen molar-refractivity contribution in [1.29, 1.82) is 0 Å². The lowest BCUT2D eigenvalue weighted by Crippen LogP contribution is -2.51. The highest BCUT2D eigenvalue weighted by Crippen LogP contribution is 2.28. The number of ether oxygens (including phenoxy) is 1. The summed E-state index contributed by atoms with van der Waals surface area (Å²) >= 11 is 12.1. The van der Waals surface area contributed by atoms with Gasteiger partial charge in [-0.3, -0.25) is 13.9 Å². The summed E-state index contributed by atoms with van der Waals surface area (Å²) in [6, 6.07) is 10.6. The molecule has 0 fully saturated rings. The number of hydrogen-bond donors (Lipinski definition) is 1. The molecule has 0 saturated carbocycles. The van der Waals surface area contributed by atoms with E-state index in [1.54, 1.807) is 31.2 Å². The average molecular weight is 545 g/mol. The summed E-state index contributed by atoms with van der Waals surface area (Å²) in [5.41, 5.74) is 0.919. The summed E-state index contributed by atoms with van der Waals surface area (Å²) in [5, 5.41) is 3.25. The maximum absolute atomic E-state index is 13.5. The third kappa shape index (κ3) is 8.30. The molecule has 0 heterocycles. The predicted octanol–water partition coefficient (Wildman–Crippen LogP) is 4.10. The zero-order valence-corrected chi connectivity index (χ0v) is 22.6. The minimum atomic E-state index is -3.86. The lowest BCUT2D eigenvalue weighted by atomic mass is 10.1. The monoisotopic (exact) mass is 543 g/mol. The first kappa shape index (κ1) is 28.7. The highest BCUT2D eigenvalue weighted by molar-refractivity contribution is 7.92. The number of amides is 2. The van der Waals surface area contributed by atoms with Crippen molar-refractivity contribution >= 4 is 50.7 Å². The predicted molar refractivity (Wildman–Crippen MR) is 140 cm³/mol. The standard InChI is InChI=1S/C24H31Cl2N3O5S/c1-5-6-12-27-24(31)17(2)28(15-18-8-7-9-20(13-18)34-3)23(30)16-29(35(4,32)33)19-10-11-21(25)22(26)14-19/h7-11,13-14,17H,5-6,12,15-16H2,1-4H3,(H,27,31)/t17-/m1/s1. The van der Waals surface area contributed by atoms with Crippen molar-refractivity contribution in [2.75, 3.05) is 30.8 Å². The second-order valence-electron chi connectivity index (χ2n) is 8.06. The Bertz CT molecular complexity index is 1140. The molecule has 192 valence electrons. The van der Waals surface area contributed by atoms with Crippen molar-refractivity contribution in [3.8, 4) is 5.75 Å². The molecule has 0 aliphatic heterocycles. The molecule has 2 amide bonds. The highest BCUT2D eigenvalue weighted by Gasteiger charge is 2.30. The van der Waals surface area contributed by atoms with Crippen LogP contribution in [0.5, 0.6) is 5.75 Å². The molecule has 1 N–H and O–H groups in total. The molecule has 8 nitrogen and oxygen atoms in total. The first-order valence-corrected chi connectivity index (χ1v) is 13.7. The van der Waals surface area contributed by atoms with E-state index < -0.39 is 28.5 Å². The van der Waals surface area contributed by atoms with Crippen LogP contribution in [0.25, 0.3) is 0 Å². The Balaban J connectivity index is 2.38. The van der Waals surface area contributed by atoms with Gasteiger partial charge >= 0.3 is 0 Å². The van der Waals surface area contributed by atoms with Crippen LogP contribution in [0.15, 0.2) is 42.5 Å². The van der Waals surface area contributed by atoms with E-state index in [2.05, 4.69) is 5.32 Å². The van der Waals surface area contributed by atoms with Crippen LogP contribution < -0.4 is 14.4 Å². The smallest absolute Gasteiger partial charge is 0.244 e. The number of sulfonamides is 1. The van der Waals surface area contributed by atoms with Gasteiger partial charge in [0.1, 0.15) is 18.3 Å². The molecule has 0 aliphatic rings. The first-order valence-electron chi connectivity index (χ1n) is 11.1. The Kier molecular flexibility index (Phi) is 10.7. The summed E-state index contributed by atoms with van der Waals surface area (Å²) in [5.74, 6) is -0.277. The Labute approximate surface area is 217 Å². The molecule has 0 saturated heterocycles. The Hall–Kier alpha value is -2.49. The number of rotatable bonds is 12. The average Bonchev–Trinajstić information content (AvgIpc) is 2.81. The number of nitrogens with one attached hydrogen (secondary N) is 1. The topological polar surface area (TPSA) is 96.0 Å². The third-order valence-electron chi connectivity index (χ3n) is 5.35. The van der Waals surface area contributed by atoms with E-state index in [1.165, 1.54) is 30.2 Å². The molecule has 2 aromatic carbocycles. The molecule has 0 radical (unpaired) electrons. The van der Waals surface area contributed by atoms with Gasteiger partial charge in [-0.05, 0) is 49.2 Å². The SMILES string of the molecule is CCCCNC(=O)[C@@H](C)N(Cc1cccc(OC)c1)C(=O)CN(c1ccc(Cl)c(Cl)c1)S(C)(=O)=O. The second-order valence-corrected chi connectivity index (χ2v) is 10.8. The fourth-order valence-electron chi connectivity index (χ4n) is 3.34. The van der Waals surface area contributed by atoms with Crippen LogP contribution in [-0.2, 0) is 26.2 Å². The van der Waals surface area contributed by atoms with Gasteiger partial charge in [0.15, 0.2) is 0 Å². The zero-order chi connectivity index (χ0) is 26.2. The van der Waals surface area contributed by atoms with Crippen LogP contribution in [0.1, 0.15) is 32.3 Å². The summed E-state index contributed by atoms with van der Waals surface area (Å²) in [7, 11) is -2.32. The van der Waals surface area contributed by atoms with Gasteiger partial charge in [-0.2, -0.15) is 0 Å². The van der Waals surface area contributed by atoms with E-state index >= 15 is 0 Å². The van der Waals surface area contributed by atoms with Crippen LogP contribution in [0.4, 0.5) is 5.69 Å². The molecule has 11 heteroatoms. The molecule has 0 spiro atoms. The summed E-state index contributed by atoms with van der Waals surface area (Å²) < 4.78 is 31.4. The van der Waals surface area contributed by atoms with Crippen molar-refractivity contribution in [2.24, 2.45) is 0 Å². The van der Waals surface area contributed by atoms with E-state index in [0.29, 0.717) is 12.3 Å². The molecule has 0 unspecified atom stereocenters. The lowest BCUT2D eigenvalue weighted by molar-refractivity contribution is -0.139. The van der Waals surface area contributed by atoms with Gasteiger partial charge in [-0.1, -0.05) is 48.7 Å². The van der Waals surface area contributed by atoms with E-state index in [4.69, 9.17) is 27.9 Å². The molecule has 0 bridgehead atoms. The van der Waals surface area contributed by atoms with E-state index in [9.17, 15) is 18.0 Å². The third-order valence-corrected chi connectivity index (χ3v) is 7.23. The minimum absolute atomic E-state index is 0.0807. The van der Waals surface area contributed by atoms with Crippen LogP contribution in [-0.4, -0.2) is 57.6 Å². The van der Waals surface area contributed by atoms with E-state index in [1.807, 2.05) is 6.92 Å². The van der Waals surface area contributed by atoms with Crippen molar-refractivity contribution in [3.05, 3.63) is 58.1 Å². The van der Waals surface area contributed by atoms with Gasteiger partial charge in [0.25, 0.3) is 0 Å². The second kappa shape index (κ2) is 13.0. The van der Waals surface area contributed by atoms with Crippen LogP contribution >= 0.6 is 23.2 Å². The lowest BCUT2D eigenvalue weighted by Gasteiger charge is -2.31. The van der Waals surface area contributed by atoms with Gasteiger partial charge < -0.3 is 15.0 Å². The van der Waals surface area contributed by atoms with Crippen molar-refractivity contribution in [3.63, 3.8) is 0 Å². The van der Waals surface area contributed by atoms with E-state index in [-0.39, 0.29) is 28.2 Å². The Morgan fingerprint density at radius 3 is 2.43 bits per heavy atom. The molecular formula is C24H31Cl2N3O5S. The molecular weight excluding hydrogens is 513 g/mol. The molecule has 2 aromatic rings. The van der Waals surface area contributed by atoms with Crippen molar-refractivity contribution in [2.45, 2.75) is 39.3 Å². The largest absolute Gasteiger partial charge is 0.497 e. The van der Waals surface area contributed by atoms with Gasteiger partial charge in [0.2, 0.25) is 21.8 Å². The molecule has 2 rings (SSSR count). The highest BCUT2D eigenvalue weighted by atomic mass is 35.5.